The molecule has 0 aliphatic heterocycles. The van der Waals surface area contributed by atoms with E-state index in [1.54, 1.807) is 50.2 Å². The second-order valence-corrected chi connectivity index (χ2v) is 28.3. The molecule has 0 radical (unpaired) electrons. The van der Waals surface area contributed by atoms with Crippen LogP contribution in [0.1, 0.15) is 185 Å². The Morgan fingerprint density at radius 2 is 1.24 bits per heavy atom. The highest BCUT2D eigenvalue weighted by molar-refractivity contribution is 6.01. The highest BCUT2D eigenvalue weighted by Crippen LogP contribution is 2.60. The molecule has 0 heterocycles. The third-order valence-electron chi connectivity index (χ3n) is 21.2. The van der Waals surface area contributed by atoms with Gasteiger partial charge in [-0.2, -0.15) is 0 Å². The summed E-state index contributed by atoms with van der Waals surface area (Å²) >= 11 is 0. The van der Waals surface area contributed by atoms with Crippen molar-refractivity contribution in [3.8, 4) is 5.75 Å². The summed E-state index contributed by atoms with van der Waals surface area (Å²) < 4.78 is 11.2. The van der Waals surface area contributed by atoms with Crippen LogP contribution >= 0.6 is 0 Å². The zero-order chi connectivity index (χ0) is 68.7. The van der Waals surface area contributed by atoms with Crippen molar-refractivity contribution >= 4 is 64.8 Å². The molecule has 2 saturated carbocycles. The molecule has 23 nitrogen and oxygen atoms in total. The molecule has 23 heteroatoms. The molecule has 5 aliphatic rings. The topological polar surface area (TPSA) is 361 Å². The van der Waals surface area contributed by atoms with Crippen molar-refractivity contribution in [1.82, 2.24) is 31.9 Å². The lowest BCUT2D eigenvalue weighted by Crippen LogP contribution is -2.60. The number of ether oxygens (including phenoxy) is 2. The van der Waals surface area contributed by atoms with E-state index in [0.29, 0.717) is 62.0 Å². The van der Waals surface area contributed by atoms with Crippen LogP contribution in [-0.4, -0.2) is 120 Å². The number of fused-ring (bicyclic) bond motifs is 6. The van der Waals surface area contributed by atoms with Crippen molar-refractivity contribution < 1.29 is 62.8 Å². The number of imide groups is 1. The van der Waals surface area contributed by atoms with Crippen LogP contribution in [0.2, 0.25) is 0 Å². The molecule has 95 heavy (non-hydrogen) atoms. The second kappa shape index (κ2) is 32.7. The predicted octanol–water partition coefficient (Wildman–Crippen LogP) is 7.51. The Kier molecular flexibility index (Phi) is 25.1. The highest BCUT2D eigenvalue weighted by atomic mass is 16.5. The van der Waals surface area contributed by atoms with Crippen LogP contribution in [0.25, 0.3) is 0 Å². The van der Waals surface area contributed by atoms with Gasteiger partial charge in [0.05, 0.1) is 29.6 Å². The van der Waals surface area contributed by atoms with E-state index in [9.17, 15) is 53.4 Å². The van der Waals surface area contributed by atoms with Gasteiger partial charge >= 0.3 is 12.1 Å². The number of rotatable bonds is 27. The standard InChI is InChI=1S/C72H102N10O13/c1-44(2)60(81-61(86)54(73)19-12-13-37-75-59(85)43-94-51-17-10-8-7-9-11-18-51)64(89)79-55(20-14-38-76-67(74)92)62(87)77-48-27-21-45(22-28-48)42-95-68(93)80-56(41-83)63(88)78-49-29-23-46-25-31-57-69(3,52(46)39-49)33-15-35-71(57,5)65(90)82-66(91)72(6)36-16-34-70(4)53-40-50(84)30-24-47(53)26-32-58(70)72/h10,17,21-24,27-30,39-40,44,51,54-58,60,83-84H,7-9,11-16,18-20,25-26,31-38,41-43,73H2,1-6H3,(H,75,85)(H,77,87)(H,78,88)(H,79,89)(H,80,93)(H,81,86)(H3,74,76,92)(H,82,90,91)/b17-10-/t51?,54-,55+,56+,57-,58-,60+,69-,70-,71+,72+/m1/s1. The predicted molar refractivity (Wildman–Crippen MR) is 360 cm³/mol. The van der Waals surface area contributed by atoms with E-state index in [0.717, 1.165) is 93.7 Å². The number of urea groups is 1. The number of carbonyl (C=O) groups excluding carboxylic acids is 9. The number of hydrogen-bond donors (Lipinski definition) is 12. The summed E-state index contributed by atoms with van der Waals surface area (Å²) in [5.41, 5.74) is 14.7. The van der Waals surface area contributed by atoms with Crippen molar-refractivity contribution in [2.75, 3.05) is 36.9 Å². The highest BCUT2D eigenvalue weighted by Gasteiger charge is 2.58. The first kappa shape index (κ1) is 72.9. The first-order valence-electron chi connectivity index (χ1n) is 34.3. The van der Waals surface area contributed by atoms with Gasteiger partial charge in [0.1, 0.15) is 37.1 Å². The summed E-state index contributed by atoms with van der Waals surface area (Å²) in [6.07, 6.45) is 17.6. The molecule has 8 rings (SSSR count). The fraction of sp³-hybridized carbons (Fsp3) is 0.597. The van der Waals surface area contributed by atoms with Gasteiger partial charge in [0.25, 0.3) is 0 Å². The van der Waals surface area contributed by atoms with Gasteiger partial charge in [-0.1, -0.05) is 104 Å². The molecule has 14 N–H and O–H groups in total. The average molecular weight is 1320 g/mol. The van der Waals surface area contributed by atoms with Gasteiger partial charge in [0.15, 0.2) is 0 Å². The van der Waals surface area contributed by atoms with Crippen LogP contribution in [0.5, 0.6) is 5.75 Å². The Balaban J connectivity index is 0.799. The molecule has 0 saturated heterocycles. The van der Waals surface area contributed by atoms with Gasteiger partial charge in [0, 0.05) is 24.5 Å². The maximum atomic E-state index is 14.8. The molecular formula is C72H102N10O13. The molecule has 1 unspecified atom stereocenters. The number of aliphatic hydroxyl groups excluding tert-OH is 1. The minimum Gasteiger partial charge on any atom is -0.508 e. The number of alkyl carbamates (subject to hydrolysis) is 1. The number of primary amides is 1. The number of aryl methyl sites for hydroxylation is 2. The number of unbranched alkanes of at least 4 members (excludes halogenated alkanes) is 1. The summed E-state index contributed by atoms with van der Waals surface area (Å²) in [4.78, 5) is 121. The normalized spacial score (nSPS) is 25.2. The largest absolute Gasteiger partial charge is 0.508 e. The first-order valence-corrected chi connectivity index (χ1v) is 34.3. The summed E-state index contributed by atoms with van der Waals surface area (Å²) in [5.74, 6) is -3.51. The smallest absolute Gasteiger partial charge is 0.408 e. The third kappa shape index (κ3) is 18.2. The minimum absolute atomic E-state index is 0.0139. The molecule has 0 aromatic heterocycles. The number of aromatic hydroxyl groups is 1. The van der Waals surface area contributed by atoms with E-state index in [-0.39, 0.29) is 79.4 Å². The van der Waals surface area contributed by atoms with E-state index < -0.39 is 88.7 Å². The van der Waals surface area contributed by atoms with Crippen LogP contribution in [0, 0.1) is 28.6 Å². The molecule has 11 atom stereocenters. The molecular weight excluding hydrogens is 1210 g/mol. The maximum absolute atomic E-state index is 14.8. The molecule has 10 amide bonds. The van der Waals surface area contributed by atoms with Gasteiger partial charge in [0.2, 0.25) is 41.4 Å². The van der Waals surface area contributed by atoms with Crippen molar-refractivity contribution in [2.24, 2.45) is 40.1 Å². The molecule has 3 aromatic rings. The number of nitrogens with one attached hydrogen (secondary N) is 8. The van der Waals surface area contributed by atoms with Gasteiger partial charge in [-0.05, 0) is 196 Å². The van der Waals surface area contributed by atoms with E-state index >= 15 is 0 Å². The molecule has 0 spiro atoms. The lowest BCUT2D eigenvalue weighted by molar-refractivity contribution is -0.150. The molecule has 2 fully saturated rings. The average Bonchev–Trinajstić information content (AvgIpc) is 0.729. The lowest BCUT2D eigenvalue weighted by atomic mass is 9.49. The number of hydrogen-bond acceptors (Lipinski definition) is 14. The summed E-state index contributed by atoms with van der Waals surface area (Å²) in [6.45, 7) is 11.3. The summed E-state index contributed by atoms with van der Waals surface area (Å²) in [5, 5.41) is 42.7. The second-order valence-electron chi connectivity index (χ2n) is 28.3. The number of aliphatic hydroxyl groups is 1. The fourth-order valence-electron chi connectivity index (χ4n) is 15.8. The monoisotopic (exact) mass is 1310 g/mol. The third-order valence-corrected chi connectivity index (χ3v) is 21.2. The molecule has 518 valence electrons. The van der Waals surface area contributed by atoms with E-state index in [1.807, 2.05) is 44.2 Å². The number of anilines is 2. The van der Waals surface area contributed by atoms with Crippen LogP contribution in [0.15, 0.2) is 72.8 Å². The Morgan fingerprint density at radius 3 is 1.88 bits per heavy atom. The van der Waals surface area contributed by atoms with Gasteiger partial charge in [-0.25, -0.2) is 9.59 Å². The summed E-state index contributed by atoms with van der Waals surface area (Å²) in [6, 6.07) is 12.3. The zero-order valence-electron chi connectivity index (χ0n) is 56.3. The molecule has 0 bridgehead atoms. The van der Waals surface area contributed by atoms with Gasteiger partial charge in [-0.15, -0.1) is 0 Å². The number of phenolic OH excluding ortho intramolecular Hbond substituents is 1. The van der Waals surface area contributed by atoms with Crippen molar-refractivity contribution in [2.45, 2.75) is 218 Å². The lowest BCUT2D eigenvalue weighted by Gasteiger charge is -2.56. The van der Waals surface area contributed by atoms with Crippen LogP contribution in [-0.2, 0) is 73.3 Å². The fourth-order valence-corrected chi connectivity index (χ4v) is 15.8. The molecule has 5 aliphatic carbocycles. The van der Waals surface area contributed by atoms with E-state index in [2.05, 4.69) is 62.5 Å². The zero-order valence-corrected chi connectivity index (χ0v) is 56.3. The van der Waals surface area contributed by atoms with Crippen molar-refractivity contribution in [3.05, 3.63) is 101 Å². The number of phenols is 1. The van der Waals surface area contributed by atoms with Crippen LogP contribution < -0.4 is 54.0 Å². The van der Waals surface area contributed by atoms with Crippen molar-refractivity contribution in [3.63, 3.8) is 0 Å². The van der Waals surface area contributed by atoms with E-state index in [4.69, 9.17) is 20.9 Å². The Hall–Kier alpha value is -7.89. The van der Waals surface area contributed by atoms with Gasteiger partial charge in [-0.3, -0.25) is 38.9 Å². The Bertz CT molecular complexity index is 3290. The first-order chi connectivity index (χ1) is 45.3. The quantitative estimate of drug-likeness (QED) is 0.0200. The SMILES string of the molecule is CC(C)[C@H](NC(=O)[C@H](N)CCCCNC(=O)COC1/C=C\CCCCC1)C(=O)N[C@@H](CCCNC(N)=O)C(=O)Nc1ccc(COC(=O)N[C@@H](CO)C(=O)Nc2ccc3c(c2)[C@@]2(C)CCC[C@](C)(C(=O)NC(=O)[C@@]4(C)CCC[C@]5(C)c6cc(O)ccc6CC[C@@H]45)[C@@H]2CC3)cc1. The number of carbonyl (C=O) groups is 9. The number of nitrogens with two attached hydrogens (primary N) is 2. The number of benzene rings is 3. The van der Waals surface area contributed by atoms with Gasteiger partial charge < -0.3 is 68.4 Å². The maximum Gasteiger partial charge on any atom is 0.408 e. The number of allylic oxidation sites excluding steroid dienone is 1. The van der Waals surface area contributed by atoms with Crippen molar-refractivity contribution in [1.29, 1.82) is 0 Å². The number of amides is 10. The van der Waals surface area contributed by atoms with Crippen LogP contribution in [0.3, 0.4) is 0 Å². The Morgan fingerprint density at radius 1 is 0.632 bits per heavy atom. The molecule has 3 aromatic carbocycles. The Labute approximate surface area is 558 Å². The minimum atomic E-state index is -1.39. The van der Waals surface area contributed by atoms with E-state index in [1.165, 1.54) is 5.56 Å². The summed E-state index contributed by atoms with van der Waals surface area (Å²) in [7, 11) is 0. The van der Waals surface area contributed by atoms with Crippen LogP contribution in [0.4, 0.5) is 21.0 Å².